The number of aromatic nitrogens is 1. The zero-order chi connectivity index (χ0) is 26.3. The highest BCUT2D eigenvalue weighted by Gasteiger charge is 2.23. The molecule has 9 nitrogen and oxygen atoms in total. The van der Waals surface area contributed by atoms with Gasteiger partial charge in [-0.3, -0.25) is 15.1 Å². The van der Waals surface area contributed by atoms with Crippen molar-refractivity contribution >= 4 is 37.8 Å². The van der Waals surface area contributed by atoms with Crippen LogP contribution in [-0.4, -0.2) is 30.4 Å². The van der Waals surface area contributed by atoms with E-state index >= 15 is 0 Å². The maximum Gasteiger partial charge on any atom is 0.263 e. The highest BCUT2D eigenvalue weighted by atomic mass is 32.2. The van der Waals surface area contributed by atoms with Gasteiger partial charge in [-0.05, 0) is 61.7 Å². The van der Waals surface area contributed by atoms with E-state index in [0.717, 1.165) is 28.5 Å². The number of thioether (sulfide) groups is 1. The maximum absolute atomic E-state index is 13.4. The molecule has 0 spiro atoms. The van der Waals surface area contributed by atoms with Gasteiger partial charge in [0.15, 0.2) is 11.0 Å². The van der Waals surface area contributed by atoms with Gasteiger partial charge in [0.05, 0.1) is 23.1 Å². The lowest BCUT2D eigenvalue weighted by molar-refractivity contribution is 0.134. The van der Waals surface area contributed by atoms with Gasteiger partial charge < -0.3 is 15.0 Å². The number of anilines is 1. The third kappa shape index (κ3) is 6.74. The van der Waals surface area contributed by atoms with Crippen LogP contribution in [0, 0.1) is 19.3 Å². The van der Waals surface area contributed by atoms with Gasteiger partial charge in [0, 0.05) is 17.7 Å². The molecule has 0 unspecified atom stereocenters. The quantitative estimate of drug-likeness (QED) is 0.241. The molecule has 0 radical (unpaired) electrons. The van der Waals surface area contributed by atoms with Crippen molar-refractivity contribution in [3.8, 4) is 11.1 Å². The largest absolute Gasteiger partial charge is 0.378 e. The second-order valence-corrected chi connectivity index (χ2v) is 10.7. The Hall–Kier alpha value is -3.15. The van der Waals surface area contributed by atoms with Gasteiger partial charge in [0.25, 0.3) is 10.0 Å². The minimum atomic E-state index is -3.96. The second-order valence-electron chi connectivity index (χ2n) is 7.98. The summed E-state index contributed by atoms with van der Waals surface area (Å²) < 4.78 is 40.1. The zero-order valence-corrected chi connectivity index (χ0v) is 22.4. The van der Waals surface area contributed by atoms with Gasteiger partial charge in [0.1, 0.15) is 5.76 Å². The van der Waals surface area contributed by atoms with E-state index in [1.54, 1.807) is 38.1 Å². The van der Waals surface area contributed by atoms with E-state index < -0.39 is 10.0 Å². The minimum Gasteiger partial charge on any atom is -0.378 e. The molecule has 2 aromatic carbocycles. The Morgan fingerprint density at radius 2 is 1.94 bits per heavy atom. The number of aliphatic imine (C=N–C) groups is 1. The predicted octanol–water partition coefficient (Wildman–Crippen LogP) is 5.23. The van der Waals surface area contributed by atoms with Gasteiger partial charge >= 0.3 is 0 Å². The molecule has 1 aromatic heterocycles. The summed E-state index contributed by atoms with van der Waals surface area (Å²) in [6.45, 7) is 8.41. The summed E-state index contributed by atoms with van der Waals surface area (Å²) >= 11 is 1.15. The van der Waals surface area contributed by atoms with Crippen LogP contribution in [0.3, 0.4) is 0 Å². The lowest BCUT2D eigenvalue weighted by atomic mass is 9.97. The third-order valence-electron chi connectivity index (χ3n) is 5.45. The first-order chi connectivity index (χ1) is 17.2. The van der Waals surface area contributed by atoms with Gasteiger partial charge in [-0.2, -0.15) is 0 Å². The predicted molar refractivity (Wildman–Crippen MR) is 145 cm³/mol. The molecule has 0 saturated heterocycles. The number of nitrogens with zero attached hydrogens (tertiary/aromatic N) is 2. The van der Waals surface area contributed by atoms with Crippen molar-refractivity contribution in [1.82, 2.24) is 5.16 Å². The Kier molecular flexibility index (Phi) is 9.30. The number of benzene rings is 2. The number of nitrogens with one attached hydrogen (secondary N) is 2. The molecule has 0 saturated carbocycles. The van der Waals surface area contributed by atoms with Crippen molar-refractivity contribution in [3.05, 3.63) is 64.9 Å². The van der Waals surface area contributed by atoms with Crippen molar-refractivity contribution in [3.63, 3.8) is 0 Å². The molecular weight excluding hydrogens is 498 g/mol. The zero-order valence-electron chi connectivity index (χ0n) is 20.8. The molecule has 3 rings (SSSR count). The van der Waals surface area contributed by atoms with E-state index in [4.69, 9.17) is 20.4 Å². The molecule has 1 heterocycles. The third-order valence-corrected chi connectivity index (χ3v) is 7.72. The Morgan fingerprint density at radius 1 is 1.19 bits per heavy atom. The van der Waals surface area contributed by atoms with Crippen LogP contribution in [0.1, 0.15) is 42.7 Å². The fourth-order valence-corrected chi connectivity index (χ4v) is 5.16. The molecule has 0 bridgehead atoms. The first-order valence-electron chi connectivity index (χ1n) is 11.5. The molecule has 0 aliphatic carbocycles. The summed E-state index contributed by atoms with van der Waals surface area (Å²) in [6.07, 6.45) is 0.598. The van der Waals surface area contributed by atoms with Crippen molar-refractivity contribution < 1.29 is 17.7 Å². The van der Waals surface area contributed by atoms with Gasteiger partial charge in [-0.15, -0.1) is 0 Å². The number of rotatable bonds is 10. The van der Waals surface area contributed by atoms with Gasteiger partial charge in [0.2, 0.25) is 0 Å². The fraction of sp³-hybridized carbons (Fsp3) is 0.320. The Morgan fingerprint density at radius 3 is 2.61 bits per heavy atom. The molecule has 0 aliphatic heterocycles. The molecule has 11 heteroatoms. The summed E-state index contributed by atoms with van der Waals surface area (Å²) in [5.74, 6) is 0.709. The summed E-state index contributed by atoms with van der Waals surface area (Å²) in [5.41, 5.74) is 9.57. The van der Waals surface area contributed by atoms with Crippen molar-refractivity contribution in [2.75, 3.05) is 11.3 Å². The van der Waals surface area contributed by atoms with Gasteiger partial charge in [-0.1, -0.05) is 48.5 Å². The van der Waals surface area contributed by atoms with Crippen LogP contribution in [-0.2, 0) is 27.9 Å². The normalized spacial score (nSPS) is 12.1. The highest BCUT2D eigenvalue weighted by Crippen LogP contribution is 2.33. The van der Waals surface area contributed by atoms with E-state index in [9.17, 15) is 8.42 Å². The van der Waals surface area contributed by atoms with E-state index in [0.29, 0.717) is 53.3 Å². The summed E-state index contributed by atoms with van der Waals surface area (Å²) in [7, 11) is -3.96. The highest BCUT2D eigenvalue weighted by molar-refractivity contribution is 8.26. The number of nitrogens with two attached hydrogens (primary N) is 1. The maximum atomic E-state index is 13.4. The van der Waals surface area contributed by atoms with E-state index in [-0.39, 0.29) is 10.7 Å². The van der Waals surface area contributed by atoms with Gasteiger partial charge in [-0.25, -0.2) is 8.42 Å². The van der Waals surface area contributed by atoms with Crippen LogP contribution in [0.2, 0.25) is 0 Å². The number of ether oxygens (including phenoxy) is 1. The van der Waals surface area contributed by atoms with E-state index in [1.807, 2.05) is 32.0 Å². The SMILES string of the molecule is CCOCc1cc(CN=C(N)SC(=N)CC)ccc1-c1ccccc1S(=O)(=O)Nc1noc(C)c1C. The first-order valence-corrected chi connectivity index (χ1v) is 13.8. The van der Waals surface area contributed by atoms with Crippen molar-refractivity contribution in [1.29, 1.82) is 5.41 Å². The van der Waals surface area contributed by atoms with Crippen LogP contribution < -0.4 is 10.5 Å². The molecular formula is C25H31N5O4S2. The van der Waals surface area contributed by atoms with Crippen LogP contribution in [0.4, 0.5) is 5.82 Å². The molecule has 4 N–H and O–H groups in total. The lowest BCUT2D eigenvalue weighted by Gasteiger charge is -2.16. The topological polar surface area (TPSA) is 144 Å². The van der Waals surface area contributed by atoms with Crippen LogP contribution in [0.5, 0.6) is 0 Å². The number of hydrogen-bond acceptors (Lipinski definition) is 8. The Bertz CT molecular complexity index is 1370. The molecule has 0 amide bonds. The number of amidine groups is 1. The average Bonchev–Trinajstić information content (AvgIpc) is 3.17. The van der Waals surface area contributed by atoms with E-state index in [1.165, 1.54) is 0 Å². The monoisotopic (exact) mass is 529 g/mol. The molecule has 3 aromatic rings. The fourth-order valence-electron chi connectivity index (χ4n) is 3.36. The standard InChI is InChI=1S/C25H31N5O4S2/c1-5-23(26)35-25(27)28-14-18-11-12-20(19(13-18)15-33-6-2)21-9-7-8-10-22(21)36(31,32)30-24-16(3)17(4)34-29-24/h7-13,26H,5-6,14-15H2,1-4H3,(H2,27,28)(H,29,30). The average molecular weight is 530 g/mol. The Balaban J connectivity index is 1.98. The molecule has 192 valence electrons. The van der Waals surface area contributed by atoms with Crippen LogP contribution in [0.15, 0.2) is 56.9 Å². The number of sulfonamides is 1. The molecule has 36 heavy (non-hydrogen) atoms. The van der Waals surface area contributed by atoms with Crippen LogP contribution >= 0.6 is 11.8 Å². The van der Waals surface area contributed by atoms with Crippen molar-refractivity contribution in [2.45, 2.75) is 52.2 Å². The summed E-state index contributed by atoms with van der Waals surface area (Å²) in [4.78, 5) is 4.49. The summed E-state index contributed by atoms with van der Waals surface area (Å²) in [5, 5.41) is 12.4. The van der Waals surface area contributed by atoms with Crippen LogP contribution in [0.25, 0.3) is 11.1 Å². The Labute approximate surface area is 216 Å². The number of aryl methyl sites for hydroxylation is 1. The number of hydrogen-bond donors (Lipinski definition) is 3. The molecule has 0 aliphatic rings. The van der Waals surface area contributed by atoms with Crippen molar-refractivity contribution in [2.24, 2.45) is 10.7 Å². The van der Waals surface area contributed by atoms with E-state index in [2.05, 4.69) is 14.9 Å². The lowest BCUT2D eigenvalue weighted by Crippen LogP contribution is -2.15. The smallest absolute Gasteiger partial charge is 0.263 e. The molecule has 0 fully saturated rings. The molecule has 0 atom stereocenters. The summed E-state index contributed by atoms with van der Waals surface area (Å²) in [6, 6.07) is 12.5. The second kappa shape index (κ2) is 12.2. The minimum absolute atomic E-state index is 0.118. The first kappa shape index (κ1) is 27.4.